The normalized spacial score (nSPS) is 10.3. The van der Waals surface area contributed by atoms with Gasteiger partial charge < -0.3 is 5.43 Å². The van der Waals surface area contributed by atoms with Crippen LogP contribution < -0.4 is 11.3 Å². The molecule has 2 rings (SSSR count). The number of nitrogens with zero attached hydrogens (tertiary/aromatic N) is 1. The van der Waals surface area contributed by atoms with Gasteiger partial charge in [0.05, 0.1) is 19.9 Å². The first-order valence-electron chi connectivity index (χ1n) is 5.40. The van der Waals surface area contributed by atoms with Crippen molar-refractivity contribution in [2.75, 3.05) is 5.43 Å². The minimum absolute atomic E-state index is 0.0777. The van der Waals surface area contributed by atoms with Crippen LogP contribution in [0.3, 0.4) is 0 Å². The predicted molar refractivity (Wildman–Crippen MR) is 81.5 cm³/mol. The molecule has 0 unspecified atom stereocenters. The summed E-state index contributed by atoms with van der Waals surface area (Å²) in [4.78, 5) is 11.9. The molecule has 0 saturated heterocycles. The predicted octanol–water partition coefficient (Wildman–Crippen LogP) is 4.34. The zero-order valence-corrected chi connectivity index (χ0v) is 12.3. The standard InChI is InChI=1S/C12H9Cl2N3O2S/c13-8-5-4-7(6-9(8)14)20-11-3-1-2-10(16-15)12(11)17(18)19/h1-6,16H,15H2. The molecule has 0 bridgehead atoms. The molecular formula is C12H9Cl2N3O2S. The average molecular weight is 330 g/mol. The van der Waals surface area contributed by atoms with Gasteiger partial charge in [-0.2, -0.15) is 0 Å². The Bertz CT molecular complexity index is 667. The molecule has 0 radical (unpaired) electrons. The van der Waals surface area contributed by atoms with Crippen molar-refractivity contribution < 1.29 is 4.92 Å². The van der Waals surface area contributed by atoms with Crippen molar-refractivity contribution >= 4 is 46.3 Å². The summed E-state index contributed by atoms with van der Waals surface area (Å²) in [6.45, 7) is 0. The van der Waals surface area contributed by atoms with E-state index in [1.165, 1.54) is 17.8 Å². The van der Waals surface area contributed by atoms with Gasteiger partial charge in [0.25, 0.3) is 0 Å². The van der Waals surface area contributed by atoms with E-state index in [-0.39, 0.29) is 11.4 Å². The number of hydrogen-bond acceptors (Lipinski definition) is 5. The summed E-state index contributed by atoms with van der Waals surface area (Å²) in [5.74, 6) is 5.29. The second-order valence-electron chi connectivity index (χ2n) is 3.73. The van der Waals surface area contributed by atoms with Gasteiger partial charge >= 0.3 is 5.69 Å². The van der Waals surface area contributed by atoms with Gasteiger partial charge in [-0.25, -0.2) is 0 Å². The average Bonchev–Trinajstić information content (AvgIpc) is 2.42. The monoisotopic (exact) mass is 329 g/mol. The molecule has 0 atom stereocenters. The van der Waals surface area contributed by atoms with Crippen LogP contribution in [0.2, 0.25) is 10.0 Å². The number of nitrogens with one attached hydrogen (secondary N) is 1. The van der Waals surface area contributed by atoms with E-state index in [0.29, 0.717) is 14.9 Å². The number of halogens is 2. The molecule has 8 heteroatoms. The Morgan fingerprint density at radius 3 is 2.55 bits per heavy atom. The molecule has 3 N–H and O–H groups in total. The van der Waals surface area contributed by atoms with Crippen LogP contribution in [0.4, 0.5) is 11.4 Å². The molecule has 0 aliphatic rings. The molecule has 0 fully saturated rings. The van der Waals surface area contributed by atoms with Gasteiger partial charge in [-0.3, -0.25) is 16.0 Å². The lowest BCUT2D eigenvalue weighted by Gasteiger charge is -2.07. The Kier molecular flexibility index (Phi) is 4.72. The number of rotatable bonds is 4. The highest BCUT2D eigenvalue weighted by atomic mass is 35.5. The minimum Gasteiger partial charge on any atom is -0.318 e. The van der Waals surface area contributed by atoms with E-state index in [0.717, 1.165) is 4.90 Å². The molecule has 2 aromatic rings. The molecule has 0 spiro atoms. The number of hydrogen-bond donors (Lipinski definition) is 2. The summed E-state index contributed by atoms with van der Waals surface area (Å²) in [5.41, 5.74) is 2.49. The van der Waals surface area contributed by atoms with Crippen molar-refractivity contribution in [2.24, 2.45) is 5.84 Å². The summed E-state index contributed by atoms with van der Waals surface area (Å²) in [6.07, 6.45) is 0. The fourth-order valence-corrected chi connectivity index (χ4v) is 2.93. The van der Waals surface area contributed by atoms with Crippen molar-refractivity contribution in [3.8, 4) is 0 Å². The quantitative estimate of drug-likeness (QED) is 0.495. The van der Waals surface area contributed by atoms with Crippen LogP contribution >= 0.6 is 35.0 Å². The zero-order chi connectivity index (χ0) is 14.7. The Hall–Kier alpha value is -1.47. The molecule has 0 aliphatic carbocycles. The summed E-state index contributed by atoms with van der Waals surface area (Å²) < 4.78 is 0. The molecule has 20 heavy (non-hydrogen) atoms. The first kappa shape index (κ1) is 14.9. The van der Waals surface area contributed by atoms with Crippen LogP contribution in [-0.4, -0.2) is 4.92 Å². The number of nitrogen functional groups attached to an aromatic ring is 1. The van der Waals surface area contributed by atoms with Gasteiger partial charge in [0, 0.05) is 4.90 Å². The van der Waals surface area contributed by atoms with Crippen molar-refractivity contribution in [1.29, 1.82) is 0 Å². The van der Waals surface area contributed by atoms with E-state index >= 15 is 0 Å². The van der Waals surface area contributed by atoms with Crippen LogP contribution in [0.5, 0.6) is 0 Å². The highest BCUT2D eigenvalue weighted by Crippen LogP contribution is 2.40. The highest BCUT2D eigenvalue weighted by molar-refractivity contribution is 7.99. The van der Waals surface area contributed by atoms with Gasteiger partial charge in [0.1, 0.15) is 5.69 Å². The fraction of sp³-hybridized carbons (Fsp3) is 0. The van der Waals surface area contributed by atoms with Crippen molar-refractivity contribution in [3.05, 3.63) is 56.6 Å². The van der Waals surface area contributed by atoms with Gasteiger partial charge in [0.15, 0.2) is 0 Å². The lowest BCUT2D eigenvalue weighted by Crippen LogP contribution is -2.09. The van der Waals surface area contributed by atoms with E-state index in [4.69, 9.17) is 29.0 Å². The van der Waals surface area contributed by atoms with Crippen molar-refractivity contribution in [2.45, 2.75) is 9.79 Å². The second-order valence-corrected chi connectivity index (χ2v) is 5.66. The van der Waals surface area contributed by atoms with E-state index in [1.54, 1.807) is 30.3 Å². The van der Waals surface area contributed by atoms with Crippen molar-refractivity contribution in [3.63, 3.8) is 0 Å². The third kappa shape index (κ3) is 3.16. The van der Waals surface area contributed by atoms with Crippen molar-refractivity contribution in [1.82, 2.24) is 0 Å². The highest BCUT2D eigenvalue weighted by Gasteiger charge is 2.20. The van der Waals surface area contributed by atoms with Gasteiger partial charge in [-0.15, -0.1) is 0 Å². The number of nitro benzene ring substituents is 1. The molecule has 0 amide bonds. The van der Waals surface area contributed by atoms with Crippen LogP contribution in [0.15, 0.2) is 46.2 Å². The SMILES string of the molecule is NNc1cccc(Sc2ccc(Cl)c(Cl)c2)c1[N+](=O)[O-]. The summed E-state index contributed by atoms with van der Waals surface area (Å²) in [7, 11) is 0. The van der Waals surface area contributed by atoms with Crippen LogP contribution in [0.1, 0.15) is 0 Å². The molecule has 0 aliphatic heterocycles. The smallest absolute Gasteiger partial charge is 0.307 e. The summed E-state index contributed by atoms with van der Waals surface area (Å²) in [6, 6.07) is 9.90. The number of benzene rings is 2. The lowest BCUT2D eigenvalue weighted by atomic mass is 10.3. The molecule has 0 saturated carbocycles. The van der Waals surface area contributed by atoms with E-state index in [9.17, 15) is 10.1 Å². The largest absolute Gasteiger partial charge is 0.318 e. The maximum Gasteiger partial charge on any atom is 0.307 e. The number of nitrogens with two attached hydrogens (primary N) is 1. The molecule has 0 aromatic heterocycles. The number of anilines is 1. The first-order valence-corrected chi connectivity index (χ1v) is 6.97. The summed E-state index contributed by atoms with van der Waals surface area (Å²) in [5, 5.41) is 12.0. The Balaban J connectivity index is 2.42. The Labute approximate surface area is 129 Å². The van der Waals surface area contributed by atoms with Crippen LogP contribution in [0, 0.1) is 10.1 Å². The van der Waals surface area contributed by atoms with Gasteiger partial charge in [-0.1, -0.05) is 41.0 Å². The maximum absolute atomic E-state index is 11.2. The van der Waals surface area contributed by atoms with E-state index in [2.05, 4.69) is 5.43 Å². The van der Waals surface area contributed by atoms with Gasteiger partial charge in [-0.05, 0) is 30.3 Å². The molecule has 5 nitrogen and oxygen atoms in total. The van der Waals surface area contributed by atoms with E-state index < -0.39 is 4.92 Å². The van der Waals surface area contributed by atoms with Gasteiger partial charge in [0.2, 0.25) is 0 Å². The third-order valence-electron chi connectivity index (χ3n) is 2.46. The maximum atomic E-state index is 11.2. The third-order valence-corrected chi connectivity index (χ3v) is 4.23. The van der Waals surface area contributed by atoms with Crippen LogP contribution in [-0.2, 0) is 0 Å². The first-order chi connectivity index (χ1) is 9.52. The topological polar surface area (TPSA) is 81.2 Å². The molecule has 0 heterocycles. The molecular weight excluding hydrogens is 321 g/mol. The molecule has 104 valence electrons. The lowest BCUT2D eigenvalue weighted by molar-refractivity contribution is -0.386. The molecule has 2 aromatic carbocycles. The summed E-state index contributed by atoms with van der Waals surface area (Å²) >= 11 is 13.0. The number of para-hydroxylation sites is 1. The number of nitro groups is 1. The van der Waals surface area contributed by atoms with E-state index in [1.807, 2.05) is 0 Å². The minimum atomic E-state index is -0.477. The number of hydrazine groups is 1. The second kappa shape index (κ2) is 6.32. The Morgan fingerprint density at radius 1 is 1.20 bits per heavy atom. The Morgan fingerprint density at radius 2 is 1.95 bits per heavy atom. The fourth-order valence-electron chi connectivity index (χ4n) is 1.58. The van der Waals surface area contributed by atoms with Crippen LogP contribution in [0.25, 0.3) is 0 Å². The zero-order valence-electron chi connectivity index (χ0n) is 9.97.